The van der Waals surface area contributed by atoms with Gasteiger partial charge in [0.05, 0.1) is 21.5 Å². The second-order valence-electron chi connectivity index (χ2n) is 4.78. The lowest BCUT2D eigenvalue weighted by Gasteiger charge is -2.06. The lowest BCUT2D eigenvalue weighted by Crippen LogP contribution is -2.25. The Balaban J connectivity index is 2.00. The van der Waals surface area contributed by atoms with Gasteiger partial charge in [-0.2, -0.15) is 0 Å². The maximum atomic E-state index is 12.0. The minimum absolute atomic E-state index is 0.105. The van der Waals surface area contributed by atoms with Crippen molar-refractivity contribution in [3.8, 4) is 0 Å². The van der Waals surface area contributed by atoms with Crippen molar-refractivity contribution < 1.29 is 14.6 Å². The summed E-state index contributed by atoms with van der Waals surface area (Å²) >= 11 is 0. The largest absolute Gasteiger partial charge is 0.354 e. The molecule has 0 saturated carbocycles. The Labute approximate surface area is 130 Å². The molecule has 0 unspecified atom stereocenters. The molecule has 0 aliphatic rings. The third-order valence-electron chi connectivity index (χ3n) is 3.13. The molecule has 1 heterocycles. The van der Waals surface area contributed by atoms with Crippen LogP contribution in [-0.2, 0) is 6.54 Å². The molecule has 0 radical (unpaired) electrons. The van der Waals surface area contributed by atoms with E-state index in [4.69, 9.17) is 0 Å². The fraction of sp³-hybridized carbons (Fsp3) is 0.214. The third-order valence-corrected chi connectivity index (χ3v) is 3.13. The van der Waals surface area contributed by atoms with E-state index in [0.29, 0.717) is 19.5 Å². The van der Waals surface area contributed by atoms with Crippen molar-refractivity contribution >= 4 is 17.3 Å². The highest BCUT2D eigenvalue weighted by Gasteiger charge is 2.19. The number of nitro benzene ring substituents is 2. The summed E-state index contributed by atoms with van der Waals surface area (Å²) in [6.07, 6.45) is 4.45. The molecule has 1 aromatic heterocycles. The molecular weight excluding hydrogens is 304 g/mol. The number of carbonyl (C=O) groups excluding carboxylic acids is 1. The maximum absolute atomic E-state index is 12.0. The predicted molar refractivity (Wildman–Crippen MR) is 81.1 cm³/mol. The van der Waals surface area contributed by atoms with Crippen LogP contribution in [0.1, 0.15) is 16.8 Å². The van der Waals surface area contributed by atoms with Gasteiger partial charge in [-0.1, -0.05) is 0 Å². The average molecular weight is 318 g/mol. The zero-order chi connectivity index (χ0) is 16.8. The number of non-ortho nitro benzene ring substituents is 2. The van der Waals surface area contributed by atoms with Crippen LogP contribution in [0.3, 0.4) is 0 Å². The maximum Gasteiger partial charge on any atom is 0.277 e. The molecule has 120 valence electrons. The van der Waals surface area contributed by atoms with Gasteiger partial charge in [-0.3, -0.25) is 25.0 Å². The number of aryl methyl sites for hydroxylation is 1. The summed E-state index contributed by atoms with van der Waals surface area (Å²) in [6, 6.07) is 6.65. The Morgan fingerprint density at radius 1 is 1.04 bits per heavy atom. The van der Waals surface area contributed by atoms with E-state index in [0.717, 1.165) is 18.2 Å². The van der Waals surface area contributed by atoms with Crippen LogP contribution in [0.5, 0.6) is 0 Å². The van der Waals surface area contributed by atoms with Crippen molar-refractivity contribution in [1.82, 2.24) is 9.88 Å². The second-order valence-corrected chi connectivity index (χ2v) is 4.78. The zero-order valence-electron chi connectivity index (χ0n) is 12.0. The number of amides is 1. The minimum Gasteiger partial charge on any atom is -0.354 e. The van der Waals surface area contributed by atoms with Crippen LogP contribution in [0.2, 0.25) is 0 Å². The molecular formula is C14H14N4O5. The first-order chi connectivity index (χ1) is 11.0. The molecule has 2 rings (SSSR count). The summed E-state index contributed by atoms with van der Waals surface area (Å²) in [4.78, 5) is 32.0. The summed E-state index contributed by atoms with van der Waals surface area (Å²) in [5, 5.41) is 24.2. The van der Waals surface area contributed by atoms with Crippen molar-refractivity contribution in [3.05, 3.63) is 68.5 Å². The number of benzene rings is 1. The first kappa shape index (κ1) is 16.1. The number of hydrogen-bond donors (Lipinski definition) is 1. The van der Waals surface area contributed by atoms with Gasteiger partial charge in [0, 0.05) is 37.6 Å². The van der Waals surface area contributed by atoms with E-state index < -0.39 is 27.1 Å². The molecule has 23 heavy (non-hydrogen) atoms. The van der Waals surface area contributed by atoms with E-state index in [1.54, 1.807) is 0 Å². The third kappa shape index (κ3) is 4.37. The number of aromatic nitrogens is 1. The Bertz CT molecular complexity index is 695. The highest BCUT2D eigenvalue weighted by molar-refractivity contribution is 5.95. The second kappa shape index (κ2) is 7.16. The summed E-state index contributed by atoms with van der Waals surface area (Å²) in [7, 11) is 0. The molecule has 0 bridgehead atoms. The van der Waals surface area contributed by atoms with Gasteiger partial charge in [0.2, 0.25) is 0 Å². The van der Waals surface area contributed by atoms with E-state index in [-0.39, 0.29) is 5.56 Å². The number of nitrogens with one attached hydrogen (secondary N) is 1. The zero-order valence-corrected chi connectivity index (χ0v) is 12.0. The summed E-state index contributed by atoms with van der Waals surface area (Å²) in [5.74, 6) is -0.579. The van der Waals surface area contributed by atoms with Gasteiger partial charge in [-0.05, 0) is 18.6 Å². The highest BCUT2D eigenvalue weighted by Crippen LogP contribution is 2.22. The first-order valence-electron chi connectivity index (χ1n) is 6.80. The van der Waals surface area contributed by atoms with Crippen LogP contribution in [-0.4, -0.2) is 26.9 Å². The average Bonchev–Trinajstić information content (AvgIpc) is 3.04. The molecule has 1 N–H and O–H groups in total. The van der Waals surface area contributed by atoms with Crippen LogP contribution in [0.15, 0.2) is 42.7 Å². The number of nitrogens with zero attached hydrogens (tertiary/aromatic N) is 3. The molecule has 0 aliphatic heterocycles. The fourth-order valence-corrected chi connectivity index (χ4v) is 2.02. The quantitative estimate of drug-likeness (QED) is 0.476. The molecule has 0 saturated heterocycles. The van der Waals surface area contributed by atoms with Gasteiger partial charge in [0.15, 0.2) is 0 Å². The number of nitro groups is 2. The molecule has 1 amide bonds. The smallest absolute Gasteiger partial charge is 0.277 e. The summed E-state index contributed by atoms with van der Waals surface area (Å²) < 4.78 is 1.95. The number of carbonyl (C=O) groups is 1. The SMILES string of the molecule is O=C(NCCCn1cccc1)c1cc([N+](=O)[O-])cc([N+](=O)[O-])c1. The van der Waals surface area contributed by atoms with Gasteiger partial charge in [-0.15, -0.1) is 0 Å². The Morgan fingerprint density at radius 2 is 1.61 bits per heavy atom. The summed E-state index contributed by atoms with van der Waals surface area (Å²) in [6.45, 7) is 1.07. The molecule has 9 nitrogen and oxygen atoms in total. The first-order valence-corrected chi connectivity index (χ1v) is 6.80. The molecule has 2 aromatic rings. The predicted octanol–water partition coefficient (Wildman–Crippen LogP) is 2.12. The molecule has 0 aliphatic carbocycles. The molecule has 1 aromatic carbocycles. The fourth-order valence-electron chi connectivity index (χ4n) is 2.02. The standard InChI is InChI=1S/C14H14N4O5/c19-14(15-4-3-7-16-5-1-2-6-16)11-8-12(17(20)21)10-13(9-11)18(22)23/h1-2,5-6,8-10H,3-4,7H2,(H,15,19). The molecule has 0 fully saturated rings. The molecule has 0 atom stereocenters. The normalized spacial score (nSPS) is 10.3. The minimum atomic E-state index is -0.768. The van der Waals surface area contributed by atoms with E-state index in [9.17, 15) is 25.0 Å². The van der Waals surface area contributed by atoms with Gasteiger partial charge in [0.25, 0.3) is 17.3 Å². The molecule has 0 spiro atoms. The van der Waals surface area contributed by atoms with Crippen LogP contribution < -0.4 is 5.32 Å². The molecule has 9 heteroatoms. The van der Waals surface area contributed by atoms with Gasteiger partial charge < -0.3 is 9.88 Å². The van der Waals surface area contributed by atoms with Crippen LogP contribution in [0.4, 0.5) is 11.4 Å². The monoisotopic (exact) mass is 318 g/mol. The van der Waals surface area contributed by atoms with Crippen molar-refractivity contribution in [1.29, 1.82) is 0 Å². The van der Waals surface area contributed by atoms with E-state index in [2.05, 4.69) is 5.32 Å². The van der Waals surface area contributed by atoms with Crippen molar-refractivity contribution in [2.45, 2.75) is 13.0 Å². The topological polar surface area (TPSA) is 120 Å². The van der Waals surface area contributed by atoms with Gasteiger partial charge in [0.1, 0.15) is 0 Å². The Kier molecular flexibility index (Phi) is 5.03. The van der Waals surface area contributed by atoms with Crippen molar-refractivity contribution in [2.75, 3.05) is 6.54 Å². The van der Waals surface area contributed by atoms with E-state index in [1.807, 2.05) is 29.1 Å². The number of hydrogen-bond acceptors (Lipinski definition) is 5. The van der Waals surface area contributed by atoms with Crippen LogP contribution in [0, 0.1) is 20.2 Å². The lowest BCUT2D eigenvalue weighted by molar-refractivity contribution is -0.394. The lowest BCUT2D eigenvalue weighted by atomic mass is 10.1. The van der Waals surface area contributed by atoms with Gasteiger partial charge >= 0.3 is 0 Å². The van der Waals surface area contributed by atoms with Gasteiger partial charge in [-0.25, -0.2) is 0 Å². The highest BCUT2D eigenvalue weighted by atomic mass is 16.6. The van der Waals surface area contributed by atoms with Crippen molar-refractivity contribution in [2.24, 2.45) is 0 Å². The number of rotatable bonds is 7. The Morgan fingerprint density at radius 3 is 2.13 bits per heavy atom. The van der Waals surface area contributed by atoms with Crippen molar-refractivity contribution in [3.63, 3.8) is 0 Å². The van der Waals surface area contributed by atoms with Crippen LogP contribution in [0.25, 0.3) is 0 Å². The van der Waals surface area contributed by atoms with E-state index in [1.165, 1.54) is 0 Å². The summed E-state index contributed by atoms with van der Waals surface area (Å²) in [5.41, 5.74) is -1.08. The Hall–Kier alpha value is -3.23. The van der Waals surface area contributed by atoms with Crippen LogP contribution >= 0.6 is 0 Å². The van der Waals surface area contributed by atoms with E-state index >= 15 is 0 Å².